The number of ether oxygens (including phenoxy) is 1. The Labute approximate surface area is 94.7 Å². The van der Waals surface area contributed by atoms with Crippen molar-refractivity contribution in [3.05, 3.63) is 0 Å². The van der Waals surface area contributed by atoms with E-state index in [1.54, 1.807) is 6.92 Å². The molecule has 5 heteroatoms. The SMILES string of the molecule is CCOC(=O)[C@H]1CN(C(C)(C)C)C(=O)C1=O. The van der Waals surface area contributed by atoms with Crippen LogP contribution in [0.2, 0.25) is 0 Å². The normalized spacial score (nSPS) is 21.5. The molecule has 90 valence electrons. The predicted octanol–water partition coefficient (Wildman–Crippen LogP) is 0.375. The zero-order valence-electron chi connectivity index (χ0n) is 10.1. The highest BCUT2D eigenvalue weighted by atomic mass is 16.5. The Kier molecular flexibility index (Phi) is 3.35. The van der Waals surface area contributed by atoms with Crippen molar-refractivity contribution in [2.45, 2.75) is 33.2 Å². The second-order valence-electron chi connectivity index (χ2n) is 4.76. The lowest BCUT2D eigenvalue weighted by Gasteiger charge is -2.30. The van der Waals surface area contributed by atoms with Crippen molar-refractivity contribution in [3.8, 4) is 0 Å². The maximum absolute atomic E-state index is 11.6. The molecule has 1 atom stereocenters. The fourth-order valence-electron chi connectivity index (χ4n) is 1.63. The second-order valence-corrected chi connectivity index (χ2v) is 4.76. The molecule has 1 saturated heterocycles. The molecule has 1 heterocycles. The van der Waals surface area contributed by atoms with Gasteiger partial charge < -0.3 is 9.64 Å². The minimum atomic E-state index is -0.952. The zero-order valence-corrected chi connectivity index (χ0v) is 10.1. The fourth-order valence-corrected chi connectivity index (χ4v) is 1.63. The van der Waals surface area contributed by atoms with Gasteiger partial charge in [0.2, 0.25) is 5.78 Å². The van der Waals surface area contributed by atoms with Gasteiger partial charge in [0.15, 0.2) is 0 Å². The van der Waals surface area contributed by atoms with E-state index in [9.17, 15) is 14.4 Å². The van der Waals surface area contributed by atoms with Crippen molar-refractivity contribution in [2.24, 2.45) is 5.92 Å². The summed E-state index contributed by atoms with van der Waals surface area (Å²) < 4.78 is 4.77. The molecule has 0 saturated carbocycles. The van der Waals surface area contributed by atoms with Crippen molar-refractivity contribution in [1.82, 2.24) is 4.90 Å². The molecule has 0 N–H and O–H groups in total. The molecule has 0 aliphatic carbocycles. The lowest BCUT2D eigenvalue weighted by Crippen LogP contribution is -2.43. The van der Waals surface area contributed by atoms with E-state index in [1.807, 2.05) is 20.8 Å². The van der Waals surface area contributed by atoms with Crippen LogP contribution in [0.4, 0.5) is 0 Å². The number of esters is 1. The first-order valence-corrected chi connectivity index (χ1v) is 5.31. The first-order chi connectivity index (χ1) is 7.29. The van der Waals surface area contributed by atoms with Crippen LogP contribution in [0.15, 0.2) is 0 Å². The molecule has 1 amide bonds. The molecular formula is C11H17NO4. The molecular weight excluding hydrogens is 210 g/mol. The quantitative estimate of drug-likeness (QED) is 0.388. The first kappa shape index (κ1) is 12.7. The summed E-state index contributed by atoms with van der Waals surface area (Å²) in [6.07, 6.45) is 0. The van der Waals surface area contributed by atoms with E-state index in [0.717, 1.165) is 0 Å². The van der Waals surface area contributed by atoms with E-state index in [-0.39, 0.29) is 13.2 Å². The van der Waals surface area contributed by atoms with Crippen molar-refractivity contribution in [3.63, 3.8) is 0 Å². The van der Waals surface area contributed by atoms with Crippen LogP contribution in [0.1, 0.15) is 27.7 Å². The van der Waals surface area contributed by atoms with Crippen LogP contribution in [-0.4, -0.2) is 41.3 Å². The van der Waals surface area contributed by atoms with Gasteiger partial charge in [-0.2, -0.15) is 0 Å². The van der Waals surface area contributed by atoms with Crippen molar-refractivity contribution in [1.29, 1.82) is 0 Å². The Balaban J connectivity index is 2.84. The Bertz CT molecular complexity index is 329. The van der Waals surface area contributed by atoms with E-state index in [2.05, 4.69) is 0 Å². The summed E-state index contributed by atoms with van der Waals surface area (Å²) in [7, 11) is 0. The van der Waals surface area contributed by atoms with E-state index in [0.29, 0.717) is 0 Å². The summed E-state index contributed by atoms with van der Waals surface area (Å²) in [5, 5.41) is 0. The number of carbonyl (C=O) groups is 3. The lowest BCUT2D eigenvalue weighted by molar-refractivity contribution is -0.151. The summed E-state index contributed by atoms with van der Waals surface area (Å²) >= 11 is 0. The number of amides is 1. The van der Waals surface area contributed by atoms with Gasteiger partial charge in [0, 0.05) is 12.1 Å². The summed E-state index contributed by atoms with van der Waals surface area (Å²) in [5.41, 5.74) is -0.450. The van der Waals surface area contributed by atoms with Gasteiger partial charge in [-0.3, -0.25) is 14.4 Å². The third kappa shape index (κ3) is 2.23. The van der Waals surface area contributed by atoms with E-state index >= 15 is 0 Å². The van der Waals surface area contributed by atoms with Gasteiger partial charge in [0.1, 0.15) is 5.92 Å². The third-order valence-electron chi connectivity index (χ3n) is 2.52. The number of nitrogens with zero attached hydrogens (tertiary/aromatic N) is 1. The standard InChI is InChI=1S/C11H17NO4/c1-5-16-10(15)7-6-12(11(2,3)4)9(14)8(7)13/h7H,5-6H2,1-4H3/t7-/m0/s1. The molecule has 0 aromatic heterocycles. The van der Waals surface area contributed by atoms with Crippen LogP contribution in [0.25, 0.3) is 0 Å². The van der Waals surface area contributed by atoms with Gasteiger partial charge in [0.25, 0.3) is 5.91 Å². The maximum atomic E-state index is 11.6. The van der Waals surface area contributed by atoms with Gasteiger partial charge in [0.05, 0.1) is 6.61 Å². The maximum Gasteiger partial charge on any atom is 0.318 e. The molecule has 1 aliphatic heterocycles. The third-order valence-corrected chi connectivity index (χ3v) is 2.52. The molecule has 1 rings (SSSR count). The number of rotatable bonds is 2. The van der Waals surface area contributed by atoms with Gasteiger partial charge in [-0.05, 0) is 27.7 Å². The Morgan fingerprint density at radius 3 is 2.38 bits per heavy atom. The lowest BCUT2D eigenvalue weighted by atomic mass is 10.1. The first-order valence-electron chi connectivity index (χ1n) is 5.31. The number of likely N-dealkylation sites (tertiary alicyclic amines) is 1. The van der Waals surface area contributed by atoms with Gasteiger partial charge in [-0.1, -0.05) is 0 Å². The van der Waals surface area contributed by atoms with Crippen molar-refractivity contribution in [2.75, 3.05) is 13.2 Å². The minimum Gasteiger partial charge on any atom is -0.465 e. The molecule has 0 unspecified atom stereocenters. The molecule has 16 heavy (non-hydrogen) atoms. The average Bonchev–Trinajstić information content (AvgIpc) is 2.44. The predicted molar refractivity (Wildman–Crippen MR) is 56.6 cm³/mol. The summed E-state index contributed by atoms with van der Waals surface area (Å²) in [6.45, 7) is 7.48. The van der Waals surface area contributed by atoms with E-state index in [1.165, 1.54) is 4.90 Å². The largest absolute Gasteiger partial charge is 0.465 e. The summed E-state index contributed by atoms with van der Waals surface area (Å²) in [5.74, 6) is -2.81. The van der Waals surface area contributed by atoms with Crippen LogP contribution in [0.5, 0.6) is 0 Å². The average molecular weight is 227 g/mol. The van der Waals surface area contributed by atoms with Crippen LogP contribution in [0, 0.1) is 5.92 Å². The fraction of sp³-hybridized carbons (Fsp3) is 0.727. The van der Waals surface area contributed by atoms with Crippen LogP contribution >= 0.6 is 0 Å². The molecule has 1 aliphatic rings. The van der Waals surface area contributed by atoms with Crippen molar-refractivity contribution >= 4 is 17.7 Å². The molecule has 0 radical (unpaired) electrons. The van der Waals surface area contributed by atoms with Crippen molar-refractivity contribution < 1.29 is 19.1 Å². The highest BCUT2D eigenvalue weighted by Gasteiger charge is 2.47. The molecule has 0 aromatic rings. The summed E-state index contributed by atoms with van der Waals surface area (Å²) in [4.78, 5) is 36.1. The number of carbonyl (C=O) groups excluding carboxylic acids is 3. The highest BCUT2D eigenvalue weighted by Crippen LogP contribution is 2.24. The molecule has 1 fully saturated rings. The number of ketones is 1. The number of hydrogen-bond acceptors (Lipinski definition) is 4. The monoisotopic (exact) mass is 227 g/mol. The van der Waals surface area contributed by atoms with Gasteiger partial charge >= 0.3 is 5.97 Å². The molecule has 5 nitrogen and oxygen atoms in total. The van der Waals surface area contributed by atoms with Gasteiger partial charge in [-0.25, -0.2) is 0 Å². The van der Waals surface area contributed by atoms with Gasteiger partial charge in [-0.15, -0.1) is 0 Å². The van der Waals surface area contributed by atoms with Crippen LogP contribution in [-0.2, 0) is 19.1 Å². The van der Waals surface area contributed by atoms with Crippen LogP contribution in [0.3, 0.4) is 0 Å². The van der Waals surface area contributed by atoms with Crippen LogP contribution < -0.4 is 0 Å². The second kappa shape index (κ2) is 4.23. The molecule has 0 spiro atoms. The topological polar surface area (TPSA) is 63.7 Å². The zero-order chi connectivity index (χ0) is 12.5. The highest BCUT2D eigenvalue weighted by molar-refractivity contribution is 6.42. The molecule has 0 bridgehead atoms. The summed E-state index contributed by atoms with van der Waals surface area (Å²) in [6, 6.07) is 0. The Morgan fingerprint density at radius 2 is 2.00 bits per heavy atom. The smallest absolute Gasteiger partial charge is 0.318 e. The number of Topliss-reactive ketones (excluding diaryl/α,β-unsaturated/α-hetero) is 1. The Hall–Kier alpha value is -1.39. The molecule has 0 aromatic carbocycles. The minimum absolute atomic E-state index is 0.125. The Morgan fingerprint density at radius 1 is 1.44 bits per heavy atom. The van der Waals surface area contributed by atoms with E-state index < -0.39 is 29.1 Å². The number of hydrogen-bond donors (Lipinski definition) is 0. The van der Waals surface area contributed by atoms with E-state index in [4.69, 9.17) is 4.74 Å².